The molecule has 0 saturated carbocycles. The van der Waals surface area contributed by atoms with Crippen molar-refractivity contribution in [2.75, 3.05) is 11.5 Å². The molecule has 0 aliphatic carbocycles. The Labute approximate surface area is 258 Å². The highest BCUT2D eigenvalue weighted by Crippen LogP contribution is 2.39. The Hall–Kier alpha value is -3.41. The second-order valence-corrected chi connectivity index (χ2v) is 11.5. The molecule has 0 radical (unpaired) electrons. The minimum atomic E-state index is -0.891. The van der Waals surface area contributed by atoms with Crippen molar-refractivity contribution < 1.29 is 28.5 Å². The molecule has 0 N–H and O–H groups in total. The number of nitrogens with zero attached hydrogens (tertiary/aromatic N) is 1. The minimum Gasteiger partial charge on any atom is -0.374 e. The first-order valence-electron chi connectivity index (χ1n) is 13.8. The fraction of sp³-hybridized carbons (Fsp3) is 0.235. The van der Waals surface area contributed by atoms with Crippen LogP contribution in [-0.4, -0.2) is 42.8 Å². The van der Waals surface area contributed by atoms with E-state index in [2.05, 4.69) is 22.6 Å². The van der Waals surface area contributed by atoms with E-state index in [9.17, 15) is 9.59 Å². The van der Waals surface area contributed by atoms with Crippen LogP contribution in [0.25, 0.3) is 0 Å². The van der Waals surface area contributed by atoms with Crippen LogP contribution >= 0.6 is 22.6 Å². The van der Waals surface area contributed by atoms with Crippen molar-refractivity contribution in [1.29, 1.82) is 0 Å². The number of ketones is 1. The third kappa shape index (κ3) is 6.33. The van der Waals surface area contributed by atoms with Gasteiger partial charge in [-0.3, -0.25) is 14.5 Å². The van der Waals surface area contributed by atoms with E-state index >= 15 is 0 Å². The van der Waals surface area contributed by atoms with Gasteiger partial charge < -0.3 is 18.9 Å². The molecule has 214 valence electrons. The lowest BCUT2D eigenvalue weighted by atomic mass is 10.1. The molecule has 4 atom stereocenters. The summed E-state index contributed by atoms with van der Waals surface area (Å²) in [6.45, 7) is 1.22. The van der Waals surface area contributed by atoms with Crippen LogP contribution in [0.1, 0.15) is 27.0 Å². The number of fused-ring (bicyclic) bond motifs is 1. The zero-order chi connectivity index (χ0) is 28.9. The highest BCUT2D eigenvalue weighted by Gasteiger charge is 2.53. The van der Waals surface area contributed by atoms with E-state index in [0.717, 1.165) is 20.3 Å². The van der Waals surface area contributed by atoms with Crippen LogP contribution in [0.15, 0.2) is 109 Å². The third-order valence-corrected chi connectivity index (χ3v) is 8.05. The number of rotatable bonds is 11. The maximum atomic E-state index is 13.4. The van der Waals surface area contributed by atoms with E-state index in [1.807, 2.05) is 97.1 Å². The van der Waals surface area contributed by atoms with E-state index < -0.39 is 36.2 Å². The van der Waals surface area contributed by atoms with E-state index in [-0.39, 0.29) is 13.2 Å². The number of Topliss-reactive ketones (excluding diaryl/α,β-unsaturated/α-hetero) is 1. The summed E-state index contributed by atoms with van der Waals surface area (Å²) >= 11 is 2.14. The molecule has 0 bridgehead atoms. The van der Waals surface area contributed by atoms with Crippen molar-refractivity contribution in [3.05, 3.63) is 135 Å². The molecule has 0 unspecified atom stereocenters. The minimum absolute atomic E-state index is 0.214. The molecule has 4 aromatic rings. The molecule has 2 heterocycles. The first-order chi connectivity index (χ1) is 20.6. The predicted molar refractivity (Wildman–Crippen MR) is 166 cm³/mol. The summed E-state index contributed by atoms with van der Waals surface area (Å²) in [4.78, 5) is 27.9. The van der Waals surface area contributed by atoms with Crippen molar-refractivity contribution in [3.63, 3.8) is 0 Å². The zero-order valence-electron chi connectivity index (χ0n) is 22.8. The van der Waals surface area contributed by atoms with Gasteiger partial charge in [0.25, 0.3) is 5.78 Å². The Kier molecular flexibility index (Phi) is 9.07. The molecule has 7 nitrogen and oxygen atoms in total. The average Bonchev–Trinajstić information content (AvgIpc) is 3.48. The number of carbonyl (C=O) groups excluding carboxylic acids is 2. The maximum absolute atomic E-state index is 13.4. The Morgan fingerprint density at radius 3 is 1.83 bits per heavy atom. The summed E-state index contributed by atoms with van der Waals surface area (Å²) in [7, 11) is 0. The topological polar surface area (TPSA) is 74.3 Å². The van der Waals surface area contributed by atoms with Gasteiger partial charge in [0.05, 0.1) is 37.7 Å². The van der Waals surface area contributed by atoms with E-state index in [4.69, 9.17) is 18.9 Å². The van der Waals surface area contributed by atoms with E-state index in [0.29, 0.717) is 24.5 Å². The van der Waals surface area contributed by atoms with Gasteiger partial charge in [0.2, 0.25) is 0 Å². The monoisotopic (exact) mass is 675 g/mol. The van der Waals surface area contributed by atoms with Gasteiger partial charge in [0, 0.05) is 3.57 Å². The van der Waals surface area contributed by atoms with Crippen molar-refractivity contribution >= 4 is 40.0 Å². The Balaban J connectivity index is 1.31. The second-order valence-electron chi connectivity index (χ2n) is 10.3. The molecule has 0 aromatic heterocycles. The van der Waals surface area contributed by atoms with Crippen LogP contribution in [0.4, 0.5) is 5.69 Å². The molecule has 2 aliphatic heterocycles. The molecule has 8 heteroatoms. The molecular weight excluding hydrogens is 645 g/mol. The van der Waals surface area contributed by atoms with Gasteiger partial charge in [-0.05, 0) is 57.5 Å². The summed E-state index contributed by atoms with van der Waals surface area (Å²) in [5.41, 5.74) is 3.88. The third-order valence-electron chi connectivity index (χ3n) is 7.38. The van der Waals surface area contributed by atoms with Crippen molar-refractivity contribution in [3.8, 4) is 0 Å². The number of anilines is 1. The quantitative estimate of drug-likeness (QED) is 0.145. The number of amides is 1. The molecule has 1 amide bonds. The molecule has 4 aromatic carbocycles. The van der Waals surface area contributed by atoms with Crippen molar-refractivity contribution in [2.24, 2.45) is 0 Å². The van der Waals surface area contributed by atoms with E-state index in [1.54, 1.807) is 12.1 Å². The summed E-state index contributed by atoms with van der Waals surface area (Å²) < 4.78 is 26.6. The van der Waals surface area contributed by atoms with Gasteiger partial charge in [0.15, 0.2) is 6.23 Å². The van der Waals surface area contributed by atoms with Gasteiger partial charge >= 0.3 is 5.91 Å². The van der Waals surface area contributed by atoms with Crippen LogP contribution in [0.5, 0.6) is 0 Å². The summed E-state index contributed by atoms with van der Waals surface area (Å²) in [5, 5.41) is 0. The normalized spacial score (nSPS) is 21.6. The smallest absolute Gasteiger partial charge is 0.301 e. The Morgan fingerprint density at radius 1 is 0.690 bits per heavy atom. The highest BCUT2D eigenvalue weighted by molar-refractivity contribution is 14.1. The van der Waals surface area contributed by atoms with Gasteiger partial charge in [-0.2, -0.15) is 0 Å². The van der Waals surface area contributed by atoms with Gasteiger partial charge in [-0.25, -0.2) is 0 Å². The van der Waals surface area contributed by atoms with Crippen LogP contribution in [0.3, 0.4) is 0 Å². The molecule has 6 rings (SSSR count). The SMILES string of the molecule is O=C1C(=O)N([C@@H]2O[C@H](COCc3ccccc3)[C@@H](OCc3ccccc3)[C@H]2OCc2ccccc2)c2ccc(I)cc21. The average molecular weight is 676 g/mol. The fourth-order valence-electron chi connectivity index (χ4n) is 5.32. The number of hydrogen-bond acceptors (Lipinski definition) is 6. The lowest BCUT2D eigenvalue weighted by molar-refractivity contribution is -0.119. The predicted octanol–water partition coefficient (Wildman–Crippen LogP) is 5.93. The lowest BCUT2D eigenvalue weighted by Gasteiger charge is -2.30. The summed E-state index contributed by atoms with van der Waals surface area (Å²) in [5.74, 6) is -1.20. The Morgan fingerprint density at radius 2 is 1.24 bits per heavy atom. The Bertz CT molecular complexity index is 1520. The second kappa shape index (κ2) is 13.3. The number of hydrogen-bond donors (Lipinski definition) is 0. The fourth-order valence-corrected chi connectivity index (χ4v) is 5.81. The van der Waals surface area contributed by atoms with Crippen LogP contribution < -0.4 is 4.90 Å². The lowest BCUT2D eigenvalue weighted by Crippen LogP contribution is -2.48. The van der Waals surface area contributed by atoms with Crippen molar-refractivity contribution in [2.45, 2.75) is 44.4 Å². The molecule has 42 heavy (non-hydrogen) atoms. The van der Waals surface area contributed by atoms with Gasteiger partial charge in [-0.15, -0.1) is 0 Å². The van der Waals surface area contributed by atoms with Crippen LogP contribution in [-0.2, 0) is 43.6 Å². The summed E-state index contributed by atoms with van der Waals surface area (Å²) in [6, 6.07) is 35.0. The highest BCUT2D eigenvalue weighted by atomic mass is 127. The first kappa shape index (κ1) is 28.7. The zero-order valence-corrected chi connectivity index (χ0v) is 25.0. The van der Waals surface area contributed by atoms with Crippen molar-refractivity contribution in [1.82, 2.24) is 0 Å². The van der Waals surface area contributed by atoms with Crippen LogP contribution in [0, 0.1) is 3.57 Å². The largest absolute Gasteiger partial charge is 0.374 e. The molecule has 2 aliphatic rings. The standard InChI is InChI=1S/C34H30INO6/c35-26-16-17-28-27(18-26)30(37)33(38)36(28)34-32(41-21-25-14-8-3-9-15-25)31(40-20-24-12-6-2-7-13-24)29(42-34)22-39-19-23-10-4-1-5-11-23/h1-18,29,31-32,34H,19-22H2/t29-,31-,32-,34-/m1/s1. The number of ether oxygens (including phenoxy) is 4. The molecule has 1 saturated heterocycles. The number of halogens is 1. The van der Waals surface area contributed by atoms with E-state index in [1.165, 1.54) is 4.90 Å². The van der Waals surface area contributed by atoms with Gasteiger partial charge in [-0.1, -0.05) is 91.0 Å². The number of benzene rings is 4. The molecule has 1 fully saturated rings. The first-order valence-corrected chi connectivity index (χ1v) is 14.9. The molecule has 0 spiro atoms. The van der Waals surface area contributed by atoms with Gasteiger partial charge in [0.1, 0.15) is 18.3 Å². The van der Waals surface area contributed by atoms with Crippen LogP contribution in [0.2, 0.25) is 0 Å². The number of carbonyl (C=O) groups is 2. The molecular formula is C34H30INO6. The summed E-state index contributed by atoms with van der Waals surface area (Å²) in [6.07, 6.45) is -2.72. The maximum Gasteiger partial charge on any atom is 0.301 e.